The fourth-order valence-corrected chi connectivity index (χ4v) is 2.46. The number of unbranched alkanes of at least 4 members (excludes halogenated alkanes) is 13. The third-order valence-corrected chi connectivity index (χ3v) is 4.04. The van der Waals surface area contributed by atoms with Crippen molar-refractivity contribution in [1.82, 2.24) is 0 Å². The van der Waals surface area contributed by atoms with Crippen LogP contribution in [0.15, 0.2) is 12.2 Å². The second-order valence-electron chi connectivity index (χ2n) is 7.04. The van der Waals surface area contributed by atoms with Gasteiger partial charge in [-0.25, -0.2) is 4.79 Å². The average Bonchev–Trinajstić information content (AvgIpc) is 2.64. The van der Waals surface area contributed by atoms with Gasteiger partial charge in [0.1, 0.15) is 0 Å². The highest BCUT2D eigenvalue weighted by atomic mass is 16.4. The molecule has 0 bridgehead atoms. The molecule has 0 aliphatic heterocycles. The van der Waals surface area contributed by atoms with Crippen molar-refractivity contribution >= 4 is 17.9 Å². The molecule has 0 saturated carbocycles. The lowest BCUT2D eigenvalue weighted by atomic mass is 10.0. The molecule has 0 radical (unpaired) electrons. The Kier molecular flexibility index (Phi) is 31.1. The third-order valence-electron chi connectivity index (χ3n) is 4.04. The molecule has 0 aliphatic carbocycles. The first-order chi connectivity index (χ1) is 13.8. The predicted molar refractivity (Wildman–Crippen MR) is 118 cm³/mol. The van der Waals surface area contributed by atoms with Gasteiger partial charge in [0.15, 0.2) is 0 Å². The van der Waals surface area contributed by atoms with Crippen LogP contribution in [0.1, 0.15) is 117 Å². The van der Waals surface area contributed by atoms with Gasteiger partial charge in [0.05, 0.1) is 0 Å². The van der Waals surface area contributed by atoms with Crippen LogP contribution in [0.4, 0.5) is 0 Å². The van der Waals surface area contributed by atoms with Gasteiger partial charge >= 0.3 is 11.9 Å². The Hall–Kier alpha value is -1.85. The Balaban J connectivity index is -0.000000623. The van der Waals surface area contributed by atoms with Crippen LogP contribution in [0.5, 0.6) is 0 Å². The molecule has 6 nitrogen and oxygen atoms in total. The van der Waals surface area contributed by atoms with Crippen LogP contribution in [0.2, 0.25) is 0 Å². The molecule has 0 unspecified atom stereocenters. The molecule has 3 N–H and O–H groups in total. The molecule has 0 aromatic carbocycles. The van der Waals surface area contributed by atoms with E-state index in [1.54, 1.807) is 13.0 Å². The van der Waals surface area contributed by atoms with Gasteiger partial charge in [-0.2, -0.15) is 0 Å². The third kappa shape index (κ3) is 51.9. The Bertz CT molecular complexity index is 400. The monoisotopic (exact) mass is 416 g/mol. The van der Waals surface area contributed by atoms with E-state index < -0.39 is 17.9 Å². The second kappa shape index (κ2) is 28.4. The van der Waals surface area contributed by atoms with Crippen molar-refractivity contribution < 1.29 is 29.7 Å². The van der Waals surface area contributed by atoms with Crippen molar-refractivity contribution in [3.63, 3.8) is 0 Å². The highest BCUT2D eigenvalue weighted by Crippen LogP contribution is 2.12. The van der Waals surface area contributed by atoms with Crippen LogP contribution < -0.4 is 0 Å². The van der Waals surface area contributed by atoms with Crippen molar-refractivity contribution in [1.29, 1.82) is 0 Å². The average molecular weight is 417 g/mol. The quantitative estimate of drug-likeness (QED) is 0.191. The van der Waals surface area contributed by atoms with Crippen LogP contribution in [-0.4, -0.2) is 33.2 Å². The lowest BCUT2D eigenvalue weighted by molar-refractivity contribution is -0.137. The van der Waals surface area contributed by atoms with Crippen molar-refractivity contribution in [2.45, 2.75) is 117 Å². The molecule has 29 heavy (non-hydrogen) atoms. The van der Waals surface area contributed by atoms with Crippen molar-refractivity contribution in [3.05, 3.63) is 12.2 Å². The van der Waals surface area contributed by atoms with Gasteiger partial charge < -0.3 is 15.3 Å². The topological polar surface area (TPSA) is 112 Å². The molecular formula is C23H44O6. The molecule has 0 heterocycles. The van der Waals surface area contributed by atoms with E-state index in [2.05, 4.69) is 6.92 Å². The lowest BCUT2D eigenvalue weighted by Crippen LogP contribution is -1.86. The molecule has 0 aliphatic rings. The summed E-state index contributed by atoms with van der Waals surface area (Å²) in [5, 5.41) is 23.6. The van der Waals surface area contributed by atoms with Crippen LogP contribution in [0, 0.1) is 0 Å². The molecular weight excluding hydrogens is 372 g/mol. The maximum atomic E-state index is 10.2. The van der Waals surface area contributed by atoms with Crippen LogP contribution in [0.25, 0.3) is 0 Å². The summed E-state index contributed by atoms with van der Waals surface area (Å²) in [7, 11) is 0. The standard InChI is InChI=1S/C18H34O2.C3H6O2.C2H4O2/c1-2-3-4-5-6-7-8-9-10-11-12-13-14-15-16-17-18(19)20;1-2-3(4)5;1-2(3)4/h16-17H,2-15H2,1H3,(H,19,20);2H2,1H3,(H,4,5);1H3,(H,3,4)/b17-16+;;. The SMILES string of the molecule is CC(=O)O.CCC(=O)O.CCCCCCCCCCCCCCC/C=C/C(=O)O. The molecule has 0 amide bonds. The number of carboxylic acids is 3. The summed E-state index contributed by atoms with van der Waals surface area (Å²) in [6, 6.07) is 0. The number of hydrogen-bond donors (Lipinski definition) is 3. The van der Waals surface area contributed by atoms with Crippen LogP contribution in [0.3, 0.4) is 0 Å². The van der Waals surface area contributed by atoms with E-state index >= 15 is 0 Å². The summed E-state index contributed by atoms with van der Waals surface area (Å²) < 4.78 is 0. The maximum Gasteiger partial charge on any atom is 0.327 e. The minimum absolute atomic E-state index is 0.222. The number of carbonyl (C=O) groups is 3. The fourth-order valence-electron chi connectivity index (χ4n) is 2.46. The van der Waals surface area contributed by atoms with Crippen molar-refractivity contribution in [2.24, 2.45) is 0 Å². The van der Waals surface area contributed by atoms with E-state index in [9.17, 15) is 9.59 Å². The minimum atomic E-state index is -0.834. The van der Waals surface area contributed by atoms with Gasteiger partial charge in [0, 0.05) is 19.4 Å². The molecule has 0 fully saturated rings. The number of aliphatic carboxylic acids is 3. The predicted octanol–water partition coefficient (Wildman–Crippen LogP) is 6.68. The smallest absolute Gasteiger partial charge is 0.327 e. The van der Waals surface area contributed by atoms with Gasteiger partial charge in [-0.3, -0.25) is 9.59 Å². The van der Waals surface area contributed by atoms with E-state index in [1.807, 2.05) is 0 Å². The Morgan fingerprint density at radius 2 is 0.966 bits per heavy atom. The maximum absolute atomic E-state index is 10.2. The highest BCUT2D eigenvalue weighted by Gasteiger charge is 1.93. The number of carboxylic acid groups (broad SMARTS) is 3. The fraction of sp³-hybridized carbons (Fsp3) is 0.783. The molecule has 0 atom stereocenters. The van der Waals surface area contributed by atoms with E-state index in [0.717, 1.165) is 19.8 Å². The summed E-state index contributed by atoms with van der Waals surface area (Å²) in [6.45, 7) is 4.95. The summed E-state index contributed by atoms with van der Waals surface area (Å²) in [5.41, 5.74) is 0. The van der Waals surface area contributed by atoms with Gasteiger partial charge in [0.25, 0.3) is 5.97 Å². The first kappa shape index (κ1) is 31.8. The number of allylic oxidation sites excluding steroid dienone is 1. The van der Waals surface area contributed by atoms with Crippen LogP contribution in [-0.2, 0) is 14.4 Å². The molecule has 172 valence electrons. The van der Waals surface area contributed by atoms with Gasteiger partial charge in [-0.05, 0) is 12.8 Å². The molecule has 0 saturated heterocycles. The first-order valence-corrected chi connectivity index (χ1v) is 11.1. The van der Waals surface area contributed by atoms with Crippen molar-refractivity contribution in [2.75, 3.05) is 0 Å². The van der Waals surface area contributed by atoms with Crippen molar-refractivity contribution in [3.8, 4) is 0 Å². The zero-order chi connectivity index (χ0) is 22.8. The van der Waals surface area contributed by atoms with E-state index in [1.165, 1.54) is 83.1 Å². The molecule has 0 aromatic rings. The molecule has 0 aromatic heterocycles. The Morgan fingerprint density at radius 1 is 0.655 bits per heavy atom. The van der Waals surface area contributed by atoms with Gasteiger partial charge in [-0.1, -0.05) is 97.0 Å². The summed E-state index contributed by atoms with van der Waals surface area (Å²) in [4.78, 5) is 28.6. The lowest BCUT2D eigenvalue weighted by Gasteiger charge is -2.02. The summed E-state index contributed by atoms with van der Waals surface area (Å²) in [6.07, 6.45) is 21.8. The van der Waals surface area contributed by atoms with E-state index in [0.29, 0.717) is 0 Å². The Labute approximate surface area is 177 Å². The zero-order valence-electron chi connectivity index (χ0n) is 18.8. The van der Waals surface area contributed by atoms with Gasteiger partial charge in [0.2, 0.25) is 0 Å². The number of rotatable bonds is 16. The van der Waals surface area contributed by atoms with E-state index in [4.69, 9.17) is 20.1 Å². The summed E-state index contributed by atoms with van der Waals surface area (Å²) in [5.74, 6) is -2.41. The normalized spacial score (nSPS) is 9.90. The molecule has 0 rings (SSSR count). The highest BCUT2D eigenvalue weighted by molar-refractivity contribution is 5.79. The number of hydrogen-bond acceptors (Lipinski definition) is 3. The van der Waals surface area contributed by atoms with Crippen LogP contribution >= 0.6 is 0 Å². The zero-order valence-corrected chi connectivity index (χ0v) is 18.8. The molecule has 0 spiro atoms. The largest absolute Gasteiger partial charge is 0.481 e. The first-order valence-electron chi connectivity index (χ1n) is 11.1. The van der Waals surface area contributed by atoms with Gasteiger partial charge in [-0.15, -0.1) is 0 Å². The molecule has 6 heteroatoms. The van der Waals surface area contributed by atoms with E-state index in [-0.39, 0.29) is 6.42 Å². The minimum Gasteiger partial charge on any atom is -0.481 e. The Morgan fingerprint density at radius 3 is 1.24 bits per heavy atom. The second-order valence-corrected chi connectivity index (χ2v) is 7.04. The summed E-state index contributed by atoms with van der Waals surface area (Å²) >= 11 is 0.